The monoisotopic (exact) mass is 182 g/mol. The van der Waals surface area contributed by atoms with E-state index in [0.29, 0.717) is 5.56 Å². The van der Waals surface area contributed by atoms with E-state index in [1.54, 1.807) is 18.2 Å². The predicted molar refractivity (Wildman–Crippen MR) is 47.0 cm³/mol. The van der Waals surface area contributed by atoms with Gasteiger partial charge in [-0.1, -0.05) is 18.2 Å². The molecule has 0 radical (unpaired) electrons. The summed E-state index contributed by atoms with van der Waals surface area (Å²) in [5.74, 6) is -0.459. The second-order valence-electron chi connectivity index (χ2n) is 2.74. The van der Waals surface area contributed by atoms with E-state index in [4.69, 9.17) is 0 Å². The molecule has 0 bridgehead atoms. The quantitative estimate of drug-likeness (QED) is 0.706. The maximum atomic E-state index is 13.0. The topological polar surface area (TPSA) is 26.3 Å². The molecule has 13 heavy (non-hydrogen) atoms. The lowest BCUT2D eigenvalue weighted by Crippen LogP contribution is -2.10. The van der Waals surface area contributed by atoms with Crippen LogP contribution >= 0.6 is 0 Å². The standard InChI is InChI=1S/C10H11FO2/c1-13-7-9(12)6-8-4-2-3-5-10(8)11/h2-5H,6-7H2,1H3. The third-order valence-electron chi connectivity index (χ3n) is 1.65. The minimum Gasteiger partial charge on any atom is -0.377 e. The van der Waals surface area contributed by atoms with Gasteiger partial charge in [0.05, 0.1) is 0 Å². The number of carbonyl (C=O) groups is 1. The first kappa shape index (κ1) is 9.86. The molecule has 70 valence electrons. The van der Waals surface area contributed by atoms with Crippen LogP contribution in [-0.2, 0) is 16.0 Å². The van der Waals surface area contributed by atoms with Crippen LogP contribution in [0.2, 0.25) is 0 Å². The Labute approximate surface area is 76.3 Å². The summed E-state index contributed by atoms with van der Waals surface area (Å²) in [5.41, 5.74) is 0.421. The normalized spacial score (nSPS) is 10.0. The first-order valence-electron chi connectivity index (χ1n) is 3.98. The van der Waals surface area contributed by atoms with E-state index in [1.165, 1.54) is 13.2 Å². The molecular formula is C10H11FO2. The zero-order chi connectivity index (χ0) is 9.68. The van der Waals surface area contributed by atoms with Crippen LogP contribution in [0.1, 0.15) is 5.56 Å². The molecule has 0 aliphatic carbocycles. The Morgan fingerprint density at radius 1 is 1.46 bits per heavy atom. The van der Waals surface area contributed by atoms with E-state index >= 15 is 0 Å². The summed E-state index contributed by atoms with van der Waals surface area (Å²) < 4.78 is 17.6. The molecule has 0 aromatic heterocycles. The number of benzene rings is 1. The number of methoxy groups -OCH3 is 1. The molecule has 0 spiro atoms. The summed E-state index contributed by atoms with van der Waals surface area (Å²) in [7, 11) is 1.44. The Hall–Kier alpha value is -1.22. The van der Waals surface area contributed by atoms with Crippen LogP contribution in [0.3, 0.4) is 0 Å². The molecular weight excluding hydrogens is 171 g/mol. The van der Waals surface area contributed by atoms with Crippen LogP contribution in [0.5, 0.6) is 0 Å². The second-order valence-corrected chi connectivity index (χ2v) is 2.74. The van der Waals surface area contributed by atoms with E-state index in [1.807, 2.05) is 0 Å². The second kappa shape index (κ2) is 4.72. The van der Waals surface area contributed by atoms with E-state index in [9.17, 15) is 9.18 Å². The Morgan fingerprint density at radius 2 is 2.15 bits per heavy atom. The van der Waals surface area contributed by atoms with Gasteiger partial charge in [-0.05, 0) is 11.6 Å². The minimum absolute atomic E-state index is 0.0360. The van der Waals surface area contributed by atoms with Crippen molar-refractivity contribution < 1.29 is 13.9 Å². The van der Waals surface area contributed by atoms with Gasteiger partial charge in [-0.3, -0.25) is 4.79 Å². The Balaban J connectivity index is 2.63. The highest BCUT2D eigenvalue weighted by Gasteiger charge is 2.06. The van der Waals surface area contributed by atoms with E-state index in [0.717, 1.165) is 0 Å². The molecule has 0 amide bonds. The Morgan fingerprint density at radius 3 is 2.77 bits per heavy atom. The molecule has 1 aromatic rings. The third kappa shape index (κ3) is 2.95. The fourth-order valence-corrected chi connectivity index (χ4v) is 1.07. The minimum atomic E-state index is -0.341. The molecule has 1 aromatic carbocycles. The van der Waals surface area contributed by atoms with Crippen molar-refractivity contribution in [2.45, 2.75) is 6.42 Å². The Bertz CT molecular complexity index is 297. The molecule has 0 aliphatic heterocycles. The van der Waals surface area contributed by atoms with Gasteiger partial charge in [0.15, 0.2) is 5.78 Å². The molecule has 0 saturated heterocycles. The smallest absolute Gasteiger partial charge is 0.162 e. The van der Waals surface area contributed by atoms with Gasteiger partial charge in [0.25, 0.3) is 0 Å². The van der Waals surface area contributed by atoms with Crippen molar-refractivity contribution in [2.75, 3.05) is 13.7 Å². The lowest BCUT2D eigenvalue weighted by molar-refractivity contribution is -0.122. The van der Waals surface area contributed by atoms with Crippen LogP contribution < -0.4 is 0 Å². The van der Waals surface area contributed by atoms with Gasteiger partial charge < -0.3 is 4.74 Å². The molecule has 0 atom stereocenters. The van der Waals surface area contributed by atoms with Gasteiger partial charge >= 0.3 is 0 Å². The van der Waals surface area contributed by atoms with Gasteiger partial charge in [0.2, 0.25) is 0 Å². The van der Waals surface area contributed by atoms with Crippen LogP contribution in [0.25, 0.3) is 0 Å². The van der Waals surface area contributed by atoms with Crippen LogP contribution in [0, 0.1) is 5.82 Å². The zero-order valence-electron chi connectivity index (χ0n) is 7.42. The number of hydrogen-bond donors (Lipinski definition) is 0. The van der Waals surface area contributed by atoms with Crippen molar-refractivity contribution in [3.05, 3.63) is 35.6 Å². The van der Waals surface area contributed by atoms with Gasteiger partial charge in [-0.2, -0.15) is 0 Å². The number of carbonyl (C=O) groups excluding carboxylic acids is 1. The first-order chi connectivity index (χ1) is 6.24. The lowest BCUT2D eigenvalue weighted by atomic mass is 10.1. The highest BCUT2D eigenvalue weighted by atomic mass is 19.1. The highest BCUT2D eigenvalue weighted by Crippen LogP contribution is 2.07. The van der Waals surface area contributed by atoms with Crippen molar-refractivity contribution in [1.29, 1.82) is 0 Å². The Kier molecular flexibility index (Phi) is 3.58. The van der Waals surface area contributed by atoms with Gasteiger partial charge in [0, 0.05) is 13.5 Å². The fraction of sp³-hybridized carbons (Fsp3) is 0.300. The molecule has 0 heterocycles. The van der Waals surface area contributed by atoms with E-state index in [2.05, 4.69) is 4.74 Å². The molecule has 0 N–H and O–H groups in total. The van der Waals surface area contributed by atoms with Crippen molar-refractivity contribution >= 4 is 5.78 Å². The summed E-state index contributed by atoms with van der Waals surface area (Å²) in [6.07, 6.45) is 0.0977. The first-order valence-corrected chi connectivity index (χ1v) is 3.98. The number of rotatable bonds is 4. The molecule has 0 unspecified atom stereocenters. The van der Waals surface area contributed by atoms with Gasteiger partial charge in [-0.15, -0.1) is 0 Å². The van der Waals surface area contributed by atoms with Crippen molar-refractivity contribution in [2.24, 2.45) is 0 Å². The van der Waals surface area contributed by atoms with Crippen LogP contribution in [-0.4, -0.2) is 19.5 Å². The largest absolute Gasteiger partial charge is 0.377 e. The number of ketones is 1. The SMILES string of the molecule is COCC(=O)Cc1ccccc1F. The summed E-state index contributed by atoms with van der Waals surface area (Å²) >= 11 is 0. The molecule has 0 fully saturated rings. The molecule has 0 saturated carbocycles. The highest BCUT2D eigenvalue weighted by molar-refractivity contribution is 5.82. The van der Waals surface area contributed by atoms with Crippen molar-refractivity contribution in [3.63, 3.8) is 0 Å². The summed E-state index contributed by atoms with van der Waals surface area (Å²) in [6.45, 7) is 0.0360. The van der Waals surface area contributed by atoms with Crippen LogP contribution in [0.4, 0.5) is 4.39 Å². The maximum Gasteiger partial charge on any atom is 0.162 e. The number of halogens is 1. The molecule has 1 rings (SSSR count). The lowest BCUT2D eigenvalue weighted by Gasteiger charge is -2.00. The number of hydrogen-bond acceptors (Lipinski definition) is 2. The van der Waals surface area contributed by atoms with Crippen molar-refractivity contribution in [1.82, 2.24) is 0 Å². The number of Topliss-reactive ketones (excluding diaryl/α,β-unsaturated/α-hetero) is 1. The molecule has 2 nitrogen and oxygen atoms in total. The third-order valence-corrected chi connectivity index (χ3v) is 1.65. The summed E-state index contributed by atoms with van der Waals surface area (Å²) in [4.78, 5) is 11.1. The number of ether oxygens (including phenoxy) is 1. The van der Waals surface area contributed by atoms with Gasteiger partial charge in [0.1, 0.15) is 12.4 Å². The summed E-state index contributed by atoms with van der Waals surface area (Å²) in [5, 5.41) is 0. The fourth-order valence-electron chi connectivity index (χ4n) is 1.07. The average Bonchev–Trinajstić information content (AvgIpc) is 2.09. The van der Waals surface area contributed by atoms with Crippen LogP contribution in [0.15, 0.2) is 24.3 Å². The molecule has 0 aliphatic rings. The van der Waals surface area contributed by atoms with Crippen molar-refractivity contribution in [3.8, 4) is 0 Å². The molecule has 3 heteroatoms. The maximum absolute atomic E-state index is 13.0. The summed E-state index contributed by atoms with van der Waals surface area (Å²) in [6, 6.07) is 6.25. The average molecular weight is 182 g/mol. The van der Waals surface area contributed by atoms with E-state index < -0.39 is 0 Å². The van der Waals surface area contributed by atoms with Gasteiger partial charge in [-0.25, -0.2) is 4.39 Å². The predicted octanol–water partition coefficient (Wildman–Crippen LogP) is 1.58. The van der Waals surface area contributed by atoms with E-state index in [-0.39, 0.29) is 24.6 Å². The zero-order valence-corrected chi connectivity index (χ0v) is 7.42.